The maximum absolute atomic E-state index is 6.11. The Morgan fingerprint density at radius 1 is 1.00 bits per heavy atom. The quantitative estimate of drug-likeness (QED) is 0.383. The standard InChI is InChI=1S/C22H25N3O4/c1-4-16-13-18(23)22(29-12-10-27-3)15-21(16)25-8-7-24-19-14-17(5-6-20(19)25)28-11-9-26-2/h1,5-8,13-15,24H,9-12,23H2,2-3H3. The number of hydrogen-bond acceptors (Lipinski definition) is 7. The highest BCUT2D eigenvalue weighted by Crippen LogP contribution is 2.41. The summed E-state index contributed by atoms with van der Waals surface area (Å²) in [4.78, 5) is 1.99. The predicted molar refractivity (Wildman–Crippen MR) is 115 cm³/mol. The van der Waals surface area contributed by atoms with E-state index in [0.717, 1.165) is 22.8 Å². The lowest BCUT2D eigenvalue weighted by Gasteiger charge is -2.29. The Bertz CT molecular complexity index is 921. The van der Waals surface area contributed by atoms with Crippen molar-refractivity contribution in [2.45, 2.75) is 0 Å². The van der Waals surface area contributed by atoms with Crippen molar-refractivity contribution < 1.29 is 18.9 Å². The van der Waals surface area contributed by atoms with E-state index in [1.54, 1.807) is 20.3 Å². The second-order valence-electron chi connectivity index (χ2n) is 6.24. The molecular formula is C22H25N3O4. The van der Waals surface area contributed by atoms with Gasteiger partial charge in [-0.05, 0) is 18.2 Å². The van der Waals surface area contributed by atoms with Crippen molar-refractivity contribution in [1.29, 1.82) is 0 Å². The summed E-state index contributed by atoms with van der Waals surface area (Å²) in [6, 6.07) is 9.41. The largest absolute Gasteiger partial charge is 0.491 e. The maximum Gasteiger partial charge on any atom is 0.144 e. The number of fused-ring (bicyclic) bond motifs is 1. The predicted octanol–water partition coefficient (Wildman–Crippen LogP) is 3.34. The van der Waals surface area contributed by atoms with Crippen molar-refractivity contribution in [3.8, 4) is 23.8 Å². The Morgan fingerprint density at radius 3 is 2.48 bits per heavy atom. The molecule has 2 aromatic rings. The van der Waals surface area contributed by atoms with Crippen LogP contribution in [0, 0.1) is 12.3 Å². The molecule has 0 fully saturated rings. The summed E-state index contributed by atoms with van der Waals surface area (Å²) < 4.78 is 21.5. The van der Waals surface area contributed by atoms with Gasteiger partial charge in [0.2, 0.25) is 0 Å². The molecule has 1 heterocycles. The first-order valence-corrected chi connectivity index (χ1v) is 9.18. The zero-order chi connectivity index (χ0) is 20.6. The molecule has 0 aliphatic carbocycles. The van der Waals surface area contributed by atoms with Crippen LogP contribution in [0.15, 0.2) is 42.7 Å². The van der Waals surface area contributed by atoms with Gasteiger partial charge in [-0.2, -0.15) is 0 Å². The van der Waals surface area contributed by atoms with E-state index in [4.69, 9.17) is 31.1 Å². The van der Waals surface area contributed by atoms with Gasteiger partial charge in [0.05, 0.1) is 41.5 Å². The van der Waals surface area contributed by atoms with Crippen LogP contribution in [0.25, 0.3) is 0 Å². The molecule has 0 unspecified atom stereocenters. The molecule has 3 rings (SSSR count). The van der Waals surface area contributed by atoms with Crippen LogP contribution in [0.2, 0.25) is 0 Å². The van der Waals surface area contributed by atoms with Crippen LogP contribution in [0.3, 0.4) is 0 Å². The molecule has 7 nitrogen and oxygen atoms in total. The lowest BCUT2D eigenvalue weighted by Crippen LogP contribution is -2.17. The molecule has 1 aliphatic rings. The third kappa shape index (κ3) is 4.74. The summed E-state index contributed by atoms with van der Waals surface area (Å²) in [7, 11) is 3.26. The summed E-state index contributed by atoms with van der Waals surface area (Å²) in [5.74, 6) is 4.02. The Balaban J connectivity index is 1.92. The molecule has 2 aromatic carbocycles. The first-order chi connectivity index (χ1) is 14.2. The first kappa shape index (κ1) is 20.4. The molecule has 0 saturated heterocycles. The van der Waals surface area contributed by atoms with Crippen LogP contribution in [-0.2, 0) is 9.47 Å². The molecule has 0 atom stereocenters. The average Bonchev–Trinajstić information content (AvgIpc) is 2.74. The lowest BCUT2D eigenvalue weighted by atomic mass is 10.1. The fraction of sp³-hybridized carbons (Fsp3) is 0.273. The van der Waals surface area contributed by atoms with E-state index in [-0.39, 0.29) is 0 Å². The van der Waals surface area contributed by atoms with Crippen molar-refractivity contribution >= 4 is 22.7 Å². The second kappa shape index (κ2) is 9.73. The van der Waals surface area contributed by atoms with Crippen LogP contribution in [-0.4, -0.2) is 40.6 Å². The third-order valence-electron chi connectivity index (χ3n) is 4.33. The highest BCUT2D eigenvalue weighted by Gasteiger charge is 2.20. The van der Waals surface area contributed by atoms with Gasteiger partial charge < -0.3 is 34.9 Å². The van der Waals surface area contributed by atoms with E-state index in [1.165, 1.54) is 0 Å². The van der Waals surface area contributed by atoms with E-state index >= 15 is 0 Å². The summed E-state index contributed by atoms with van der Waals surface area (Å²) in [5, 5.41) is 3.24. The number of nitrogens with two attached hydrogens (primary N) is 1. The normalized spacial score (nSPS) is 12.1. The SMILES string of the molecule is C#Cc1cc(N)c(OCCOC)cc1N1C=CNc2cc(OCCOC)ccc21. The van der Waals surface area contributed by atoms with Crippen molar-refractivity contribution in [2.24, 2.45) is 0 Å². The number of benzene rings is 2. The molecule has 0 radical (unpaired) electrons. The molecule has 7 heteroatoms. The Morgan fingerprint density at radius 2 is 1.76 bits per heavy atom. The fourth-order valence-electron chi connectivity index (χ4n) is 2.93. The number of terminal acetylenes is 1. The number of nitrogens with one attached hydrogen (secondary N) is 1. The fourth-order valence-corrected chi connectivity index (χ4v) is 2.93. The minimum atomic E-state index is 0.395. The molecular weight excluding hydrogens is 370 g/mol. The van der Waals surface area contributed by atoms with Crippen molar-refractivity contribution in [3.63, 3.8) is 0 Å². The number of methoxy groups -OCH3 is 2. The van der Waals surface area contributed by atoms with E-state index in [9.17, 15) is 0 Å². The van der Waals surface area contributed by atoms with Gasteiger partial charge in [-0.25, -0.2) is 0 Å². The molecule has 0 amide bonds. The molecule has 152 valence electrons. The minimum absolute atomic E-state index is 0.395. The molecule has 1 aliphatic heterocycles. The van der Waals surface area contributed by atoms with E-state index in [2.05, 4.69) is 11.2 Å². The van der Waals surface area contributed by atoms with Crippen molar-refractivity contribution in [2.75, 3.05) is 56.6 Å². The van der Waals surface area contributed by atoms with Crippen LogP contribution in [0.5, 0.6) is 11.5 Å². The number of nitrogen functional groups attached to an aromatic ring is 1. The molecule has 0 aromatic heterocycles. The molecule has 0 spiro atoms. The van der Waals surface area contributed by atoms with E-state index in [1.807, 2.05) is 41.6 Å². The van der Waals surface area contributed by atoms with Gasteiger partial charge in [0, 0.05) is 38.8 Å². The topological polar surface area (TPSA) is 78.2 Å². The molecule has 0 saturated carbocycles. The van der Waals surface area contributed by atoms with E-state index < -0.39 is 0 Å². The van der Waals surface area contributed by atoms with Gasteiger partial charge in [-0.15, -0.1) is 6.42 Å². The monoisotopic (exact) mass is 395 g/mol. The number of hydrogen-bond donors (Lipinski definition) is 2. The first-order valence-electron chi connectivity index (χ1n) is 9.18. The van der Waals surface area contributed by atoms with Crippen LogP contribution < -0.4 is 25.4 Å². The summed E-state index contributed by atoms with van der Waals surface area (Å²) >= 11 is 0. The maximum atomic E-state index is 6.11. The summed E-state index contributed by atoms with van der Waals surface area (Å²) in [5.41, 5.74) is 9.88. The summed E-state index contributed by atoms with van der Waals surface area (Å²) in [6.07, 6.45) is 9.48. The zero-order valence-electron chi connectivity index (χ0n) is 16.6. The lowest BCUT2D eigenvalue weighted by molar-refractivity contribution is 0.146. The highest BCUT2D eigenvalue weighted by atomic mass is 16.5. The van der Waals surface area contributed by atoms with Crippen molar-refractivity contribution in [1.82, 2.24) is 0 Å². The molecule has 29 heavy (non-hydrogen) atoms. The Kier molecular flexibility index (Phi) is 6.85. The van der Waals surface area contributed by atoms with Crippen LogP contribution in [0.1, 0.15) is 5.56 Å². The summed E-state index contributed by atoms with van der Waals surface area (Å²) in [6.45, 7) is 1.87. The number of anilines is 4. The number of ether oxygens (including phenoxy) is 4. The molecule has 0 bridgehead atoms. The third-order valence-corrected chi connectivity index (χ3v) is 4.33. The Hall–Kier alpha value is -3.34. The molecule has 3 N–H and O–H groups in total. The van der Waals surface area contributed by atoms with Gasteiger partial charge in [0.1, 0.15) is 24.7 Å². The van der Waals surface area contributed by atoms with Crippen molar-refractivity contribution in [3.05, 3.63) is 48.3 Å². The van der Waals surface area contributed by atoms with Gasteiger partial charge in [-0.1, -0.05) is 5.92 Å². The smallest absolute Gasteiger partial charge is 0.144 e. The van der Waals surface area contributed by atoms with Gasteiger partial charge in [0.25, 0.3) is 0 Å². The van der Waals surface area contributed by atoms with Gasteiger partial charge in [-0.3, -0.25) is 0 Å². The highest BCUT2D eigenvalue weighted by molar-refractivity contribution is 5.85. The minimum Gasteiger partial charge on any atom is -0.491 e. The average molecular weight is 395 g/mol. The van der Waals surface area contributed by atoms with Crippen LogP contribution in [0.4, 0.5) is 22.7 Å². The van der Waals surface area contributed by atoms with Gasteiger partial charge >= 0.3 is 0 Å². The van der Waals surface area contributed by atoms with Gasteiger partial charge in [0.15, 0.2) is 0 Å². The van der Waals surface area contributed by atoms with E-state index in [0.29, 0.717) is 43.4 Å². The number of nitrogens with zero attached hydrogens (tertiary/aromatic N) is 1. The Labute approximate surface area is 171 Å². The zero-order valence-corrected chi connectivity index (χ0v) is 16.6. The van der Waals surface area contributed by atoms with Crippen LogP contribution >= 0.6 is 0 Å². The second-order valence-corrected chi connectivity index (χ2v) is 6.24. The number of rotatable bonds is 9.